The second-order valence-corrected chi connectivity index (χ2v) is 8.76. The van der Waals surface area contributed by atoms with E-state index in [4.69, 9.17) is 4.42 Å². The third-order valence-corrected chi connectivity index (χ3v) is 6.67. The first-order valence-corrected chi connectivity index (χ1v) is 11.6. The maximum absolute atomic E-state index is 13.6. The highest BCUT2D eigenvalue weighted by Gasteiger charge is 2.19. The van der Waals surface area contributed by atoms with Gasteiger partial charge in [-0.1, -0.05) is 48.0 Å². The molecule has 6 rings (SSSR count). The van der Waals surface area contributed by atoms with Gasteiger partial charge < -0.3 is 14.7 Å². The van der Waals surface area contributed by atoms with E-state index in [-0.39, 0.29) is 10.9 Å². The molecular weight excluding hydrogens is 412 g/mol. The van der Waals surface area contributed by atoms with E-state index in [9.17, 15) is 9.59 Å². The molecule has 0 atom stereocenters. The van der Waals surface area contributed by atoms with Crippen LogP contribution in [0.1, 0.15) is 32.1 Å². The molecule has 2 N–H and O–H groups in total. The van der Waals surface area contributed by atoms with E-state index >= 15 is 0 Å². The van der Waals surface area contributed by atoms with E-state index in [1.807, 2.05) is 30.3 Å². The van der Waals surface area contributed by atoms with Crippen LogP contribution < -0.4 is 16.2 Å². The third kappa shape index (κ3) is 3.32. The Morgan fingerprint density at radius 1 is 0.879 bits per heavy atom. The number of aromatic nitrogens is 1. The van der Waals surface area contributed by atoms with Crippen molar-refractivity contribution < 1.29 is 4.42 Å². The van der Waals surface area contributed by atoms with Gasteiger partial charge in [-0.05, 0) is 44.2 Å². The van der Waals surface area contributed by atoms with Gasteiger partial charge in [0, 0.05) is 29.1 Å². The Hall–Kier alpha value is -3.86. The van der Waals surface area contributed by atoms with Gasteiger partial charge in [-0.3, -0.25) is 9.59 Å². The molecule has 0 unspecified atom stereocenters. The molecule has 0 spiro atoms. The van der Waals surface area contributed by atoms with E-state index in [2.05, 4.69) is 16.4 Å². The van der Waals surface area contributed by atoms with Crippen molar-refractivity contribution >= 4 is 49.4 Å². The molecule has 0 aliphatic heterocycles. The summed E-state index contributed by atoms with van der Waals surface area (Å²) in [4.78, 5) is 30.6. The Morgan fingerprint density at radius 3 is 2.42 bits per heavy atom. The van der Waals surface area contributed by atoms with E-state index in [1.165, 1.54) is 18.4 Å². The molecule has 0 fully saturated rings. The number of H-pyrrole nitrogens is 1. The second-order valence-electron chi connectivity index (χ2n) is 8.76. The minimum absolute atomic E-state index is 0.136. The molecule has 5 heteroatoms. The molecule has 1 aliphatic carbocycles. The van der Waals surface area contributed by atoms with Gasteiger partial charge in [0.15, 0.2) is 22.0 Å². The number of hydrogen-bond acceptors (Lipinski definition) is 4. The van der Waals surface area contributed by atoms with Crippen molar-refractivity contribution in [3.05, 3.63) is 86.7 Å². The lowest BCUT2D eigenvalue weighted by molar-refractivity contribution is 0.657. The summed E-state index contributed by atoms with van der Waals surface area (Å²) in [7, 11) is 0. The van der Waals surface area contributed by atoms with Crippen molar-refractivity contribution in [2.75, 3.05) is 11.9 Å². The fourth-order valence-electron chi connectivity index (χ4n) is 5.02. The fraction of sp³-hybridized carbons (Fsp3) is 0.214. The summed E-state index contributed by atoms with van der Waals surface area (Å²) in [5.41, 5.74) is 4.38. The van der Waals surface area contributed by atoms with Crippen LogP contribution in [-0.4, -0.2) is 11.5 Å². The maximum Gasteiger partial charge on any atom is 0.196 e. The molecule has 0 saturated carbocycles. The molecule has 0 radical (unpaired) electrons. The van der Waals surface area contributed by atoms with E-state index in [0.29, 0.717) is 50.5 Å². The average Bonchev–Trinajstić information content (AvgIpc) is 2.86. The summed E-state index contributed by atoms with van der Waals surface area (Å²) in [5, 5.41) is 5.14. The normalized spacial score (nSPS) is 14.2. The molecule has 1 heterocycles. The Bertz CT molecular complexity index is 1690. The van der Waals surface area contributed by atoms with Gasteiger partial charge in [0.1, 0.15) is 0 Å². The monoisotopic (exact) mass is 436 g/mol. The van der Waals surface area contributed by atoms with E-state index in [0.717, 1.165) is 24.8 Å². The second kappa shape index (κ2) is 7.93. The van der Waals surface area contributed by atoms with Crippen molar-refractivity contribution in [3.63, 3.8) is 0 Å². The summed E-state index contributed by atoms with van der Waals surface area (Å²) in [6.45, 7) is 0.699. The SMILES string of the molecule is O=c1c2ccccc2c(=O)c2c1c(NCCC1=CCCCC1)cc1oc3ccccc3[nH]c12. The van der Waals surface area contributed by atoms with Crippen LogP contribution in [0.5, 0.6) is 0 Å². The predicted molar refractivity (Wildman–Crippen MR) is 135 cm³/mol. The van der Waals surface area contributed by atoms with Gasteiger partial charge >= 0.3 is 0 Å². The number of benzene rings is 4. The van der Waals surface area contributed by atoms with Crippen LogP contribution in [0.2, 0.25) is 0 Å². The fourth-order valence-corrected chi connectivity index (χ4v) is 5.02. The van der Waals surface area contributed by atoms with Crippen LogP contribution in [-0.2, 0) is 0 Å². The molecular formula is C28H24N2O3. The number of rotatable bonds is 4. The Kier molecular flexibility index (Phi) is 4.75. The van der Waals surface area contributed by atoms with Gasteiger partial charge in [-0.2, -0.15) is 0 Å². The highest BCUT2D eigenvalue weighted by molar-refractivity contribution is 6.14. The molecule has 1 aromatic heterocycles. The van der Waals surface area contributed by atoms with Crippen LogP contribution in [0.3, 0.4) is 0 Å². The largest absolute Gasteiger partial charge is 0.453 e. The summed E-state index contributed by atoms with van der Waals surface area (Å²) in [6, 6.07) is 16.5. The highest BCUT2D eigenvalue weighted by Crippen LogP contribution is 2.31. The van der Waals surface area contributed by atoms with Crippen LogP contribution in [0.15, 0.2) is 80.3 Å². The molecule has 164 valence electrons. The molecule has 5 aromatic rings. The smallest absolute Gasteiger partial charge is 0.196 e. The number of anilines is 1. The summed E-state index contributed by atoms with van der Waals surface area (Å²) in [5.74, 6) is 0. The van der Waals surface area contributed by atoms with Crippen molar-refractivity contribution in [3.8, 4) is 0 Å². The zero-order valence-corrected chi connectivity index (χ0v) is 18.2. The number of allylic oxidation sites excluding steroid dienone is 1. The van der Waals surface area contributed by atoms with E-state index < -0.39 is 0 Å². The van der Waals surface area contributed by atoms with Crippen LogP contribution in [0.25, 0.3) is 43.7 Å². The predicted octanol–water partition coefficient (Wildman–Crippen LogP) is 6.24. The number of hydrogen-bond donors (Lipinski definition) is 2. The van der Waals surface area contributed by atoms with Gasteiger partial charge in [-0.25, -0.2) is 0 Å². The zero-order chi connectivity index (χ0) is 22.4. The summed E-state index contributed by atoms with van der Waals surface area (Å²) >= 11 is 0. The van der Waals surface area contributed by atoms with Crippen LogP contribution >= 0.6 is 0 Å². The van der Waals surface area contributed by atoms with Crippen molar-refractivity contribution in [1.82, 2.24) is 4.98 Å². The van der Waals surface area contributed by atoms with E-state index in [1.54, 1.807) is 24.3 Å². The summed E-state index contributed by atoms with van der Waals surface area (Å²) < 4.78 is 6.17. The van der Waals surface area contributed by atoms with Gasteiger partial charge in [0.25, 0.3) is 0 Å². The highest BCUT2D eigenvalue weighted by atomic mass is 16.3. The van der Waals surface area contributed by atoms with Crippen LogP contribution in [0, 0.1) is 0 Å². The number of fused-ring (bicyclic) bond motifs is 5. The minimum atomic E-state index is -0.162. The standard InChI is InChI=1S/C28H24N2O3/c31-27-18-10-4-5-11-19(18)28(32)25-24(27)21(29-15-14-17-8-2-1-3-9-17)16-23-26(25)30-20-12-6-7-13-22(20)33-23/h4-8,10-13,16,29-30H,1-3,9,14-15H2. The number of nitrogens with one attached hydrogen (secondary N) is 2. The zero-order valence-electron chi connectivity index (χ0n) is 18.2. The van der Waals surface area contributed by atoms with Gasteiger partial charge in [0.05, 0.1) is 21.8 Å². The quantitative estimate of drug-likeness (QED) is 0.199. The van der Waals surface area contributed by atoms with Gasteiger partial charge in [-0.15, -0.1) is 0 Å². The number of para-hydroxylation sites is 2. The van der Waals surface area contributed by atoms with Crippen LogP contribution in [0.4, 0.5) is 5.69 Å². The molecule has 0 amide bonds. The topological polar surface area (TPSA) is 75.1 Å². The number of aromatic amines is 1. The van der Waals surface area contributed by atoms with Crippen molar-refractivity contribution in [1.29, 1.82) is 0 Å². The first-order chi connectivity index (χ1) is 16.2. The molecule has 33 heavy (non-hydrogen) atoms. The summed E-state index contributed by atoms with van der Waals surface area (Å²) in [6.07, 6.45) is 8.04. The first kappa shape index (κ1) is 19.8. The molecule has 4 aromatic carbocycles. The minimum Gasteiger partial charge on any atom is -0.453 e. The Labute approximate surface area is 189 Å². The van der Waals surface area contributed by atoms with Crippen molar-refractivity contribution in [2.24, 2.45) is 0 Å². The Morgan fingerprint density at radius 2 is 1.64 bits per heavy atom. The Balaban J connectivity index is 1.62. The third-order valence-electron chi connectivity index (χ3n) is 6.67. The molecule has 5 nitrogen and oxygen atoms in total. The lowest BCUT2D eigenvalue weighted by Gasteiger charge is -2.15. The molecule has 0 bridgehead atoms. The van der Waals surface area contributed by atoms with Gasteiger partial charge in [0.2, 0.25) is 0 Å². The lowest BCUT2D eigenvalue weighted by Crippen LogP contribution is -2.16. The average molecular weight is 437 g/mol. The molecule has 1 aliphatic rings. The molecule has 0 saturated heterocycles. The maximum atomic E-state index is 13.6. The lowest BCUT2D eigenvalue weighted by atomic mass is 9.97. The van der Waals surface area contributed by atoms with Crippen molar-refractivity contribution in [2.45, 2.75) is 32.1 Å². The first-order valence-electron chi connectivity index (χ1n) is 11.6.